The summed E-state index contributed by atoms with van der Waals surface area (Å²) in [6, 6.07) is 16.3. The molecule has 0 aliphatic rings. The SMILES string of the molecule is NS(=O)(=O)c1ccc(CCNc2nc(Nc3ccc4ncccc4c3)ncc2Br)cc1. The number of hydrogen-bond acceptors (Lipinski definition) is 7. The van der Waals surface area contributed by atoms with Crippen molar-refractivity contribution in [3.05, 3.63) is 77.0 Å². The topological polar surface area (TPSA) is 123 Å². The number of fused-ring (bicyclic) bond motifs is 1. The van der Waals surface area contributed by atoms with Gasteiger partial charge < -0.3 is 10.6 Å². The van der Waals surface area contributed by atoms with Gasteiger partial charge in [0.1, 0.15) is 5.82 Å². The van der Waals surface area contributed by atoms with E-state index >= 15 is 0 Å². The Bertz CT molecular complexity index is 1330. The maximum atomic E-state index is 11.3. The van der Waals surface area contributed by atoms with E-state index in [1.165, 1.54) is 12.1 Å². The van der Waals surface area contributed by atoms with Gasteiger partial charge in [-0.25, -0.2) is 18.5 Å². The number of nitrogens with two attached hydrogens (primary N) is 1. The summed E-state index contributed by atoms with van der Waals surface area (Å²) < 4.78 is 23.4. The second-order valence-electron chi connectivity index (χ2n) is 6.79. The van der Waals surface area contributed by atoms with Crippen molar-refractivity contribution in [1.29, 1.82) is 0 Å². The number of nitrogens with one attached hydrogen (secondary N) is 2. The molecule has 8 nitrogen and oxygen atoms in total. The van der Waals surface area contributed by atoms with Gasteiger partial charge in [0.15, 0.2) is 0 Å². The molecule has 0 saturated heterocycles. The van der Waals surface area contributed by atoms with E-state index < -0.39 is 10.0 Å². The first kappa shape index (κ1) is 21.2. The van der Waals surface area contributed by atoms with Crippen LogP contribution >= 0.6 is 15.9 Å². The number of rotatable bonds is 7. The fraction of sp³-hybridized carbons (Fsp3) is 0.0952. The van der Waals surface area contributed by atoms with Gasteiger partial charge in [-0.3, -0.25) is 4.98 Å². The van der Waals surface area contributed by atoms with Gasteiger partial charge in [-0.2, -0.15) is 4.98 Å². The minimum atomic E-state index is -3.68. The number of aromatic nitrogens is 3. The van der Waals surface area contributed by atoms with E-state index in [1.54, 1.807) is 24.5 Å². The highest BCUT2D eigenvalue weighted by molar-refractivity contribution is 9.10. The van der Waals surface area contributed by atoms with Crippen molar-refractivity contribution in [3.8, 4) is 0 Å². The van der Waals surface area contributed by atoms with Gasteiger partial charge in [0.2, 0.25) is 16.0 Å². The normalized spacial score (nSPS) is 11.4. The molecule has 0 spiro atoms. The Hall–Kier alpha value is -3.08. The molecule has 10 heteroatoms. The van der Waals surface area contributed by atoms with Crippen molar-refractivity contribution in [2.24, 2.45) is 5.14 Å². The molecule has 0 unspecified atom stereocenters. The number of halogens is 1. The number of primary sulfonamides is 1. The van der Waals surface area contributed by atoms with E-state index in [0.29, 0.717) is 24.7 Å². The predicted octanol–water partition coefficient (Wildman–Crippen LogP) is 3.83. The maximum absolute atomic E-state index is 11.3. The molecule has 0 fully saturated rings. The summed E-state index contributed by atoms with van der Waals surface area (Å²) in [6.45, 7) is 0.603. The lowest BCUT2D eigenvalue weighted by atomic mass is 10.1. The Morgan fingerprint density at radius 2 is 1.84 bits per heavy atom. The van der Waals surface area contributed by atoms with Gasteiger partial charge in [-0.1, -0.05) is 18.2 Å². The van der Waals surface area contributed by atoms with Gasteiger partial charge in [0.05, 0.1) is 14.9 Å². The minimum Gasteiger partial charge on any atom is -0.369 e. The third-order valence-electron chi connectivity index (χ3n) is 4.56. The fourth-order valence-corrected chi connectivity index (χ4v) is 3.85. The summed E-state index contributed by atoms with van der Waals surface area (Å²) in [5, 5.41) is 12.6. The van der Waals surface area contributed by atoms with Crippen LogP contribution in [0.2, 0.25) is 0 Å². The number of pyridine rings is 1. The van der Waals surface area contributed by atoms with Crippen LogP contribution in [-0.4, -0.2) is 29.9 Å². The van der Waals surface area contributed by atoms with Crippen LogP contribution in [0.25, 0.3) is 10.9 Å². The summed E-state index contributed by atoms with van der Waals surface area (Å²) in [7, 11) is -3.68. The second kappa shape index (κ2) is 8.96. The average Bonchev–Trinajstić information content (AvgIpc) is 2.75. The van der Waals surface area contributed by atoms with Gasteiger partial charge >= 0.3 is 0 Å². The van der Waals surface area contributed by atoms with Crippen molar-refractivity contribution in [2.45, 2.75) is 11.3 Å². The second-order valence-corrected chi connectivity index (χ2v) is 9.21. The lowest BCUT2D eigenvalue weighted by Gasteiger charge is -2.11. The van der Waals surface area contributed by atoms with E-state index in [9.17, 15) is 8.42 Å². The van der Waals surface area contributed by atoms with Gasteiger partial charge in [0.25, 0.3) is 0 Å². The first-order chi connectivity index (χ1) is 14.9. The van der Waals surface area contributed by atoms with Crippen LogP contribution < -0.4 is 15.8 Å². The summed E-state index contributed by atoms with van der Waals surface area (Å²) in [5.41, 5.74) is 2.76. The molecule has 2 aromatic carbocycles. The van der Waals surface area contributed by atoms with Crippen molar-refractivity contribution in [3.63, 3.8) is 0 Å². The van der Waals surface area contributed by atoms with Crippen LogP contribution in [0.4, 0.5) is 17.5 Å². The first-order valence-corrected chi connectivity index (χ1v) is 11.7. The van der Waals surface area contributed by atoms with Crippen molar-refractivity contribution in [1.82, 2.24) is 15.0 Å². The zero-order chi connectivity index (χ0) is 21.8. The van der Waals surface area contributed by atoms with Crippen LogP contribution in [0.1, 0.15) is 5.56 Å². The van der Waals surface area contributed by atoms with E-state index in [2.05, 4.69) is 41.5 Å². The smallest absolute Gasteiger partial charge is 0.238 e. The van der Waals surface area contributed by atoms with E-state index in [4.69, 9.17) is 5.14 Å². The molecule has 0 radical (unpaired) electrons. The molecule has 0 aliphatic carbocycles. The summed E-state index contributed by atoms with van der Waals surface area (Å²) >= 11 is 3.46. The first-order valence-electron chi connectivity index (χ1n) is 9.38. The third kappa shape index (κ3) is 5.35. The highest BCUT2D eigenvalue weighted by atomic mass is 79.9. The van der Waals surface area contributed by atoms with Crippen LogP contribution in [0.5, 0.6) is 0 Å². The summed E-state index contributed by atoms with van der Waals surface area (Å²) in [5.74, 6) is 1.12. The standard InChI is InChI=1S/C21H19BrN6O2S/c22-18-13-26-21(27-16-5-8-19-15(12-16)2-1-10-24-19)28-20(18)25-11-9-14-3-6-17(7-4-14)31(23,29)30/h1-8,10,12-13H,9,11H2,(H2,23,29,30)(H2,25,26,27,28). The van der Waals surface area contributed by atoms with Crippen molar-refractivity contribution < 1.29 is 8.42 Å². The maximum Gasteiger partial charge on any atom is 0.238 e. The van der Waals surface area contributed by atoms with Crippen LogP contribution in [0, 0.1) is 0 Å². The largest absolute Gasteiger partial charge is 0.369 e. The minimum absolute atomic E-state index is 0.0999. The Kier molecular flexibility index (Phi) is 6.12. The quantitative estimate of drug-likeness (QED) is 0.353. The monoisotopic (exact) mass is 498 g/mol. The molecule has 2 heterocycles. The lowest BCUT2D eigenvalue weighted by Crippen LogP contribution is -2.12. The molecule has 0 bridgehead atoms. The molecular weight excluding hydrogens is 480 g/mol. The number of benzene rings is 2. The molecule has 158 valence electrons. The van der Waals surface area contributed by atoms with Crippen molar-refractivity contribution >= 4 is 54.3 Å². The number of sulfonamides is 1. The Morgan fingerprint density at radius 3 is 2.61 bits per heavy atom. The predicted molar refractivity (Wildman–Crippen MR) is 125 cm³/mol. The zero-order valence-electron chi connectivity index (χ0n) is 16.3. The molecule has 4 aromatic rings. The Labute approximate surface area is 188 Å². The summed E-state index contributed by atoms with van der Waals surface area (Å²) in [6.07, 6.45) is 4.13. The molecule has 31 heavy (non-hydrogen) atoms. The van der Waals surface area contributed by atoms with Gasteiger partial charge in [0, 0.05) is 30.0 Å². The molecule has 0 aliphatic heterocycles. The number of hydrogen-bond donors (Lipinski definition) is 3. The van der Waals surface area contributed by atoms with Gasteiger partial charge in [-0.15, -0.1) is 0 Å². The highest BCUT2D eigenvalue weighted by Crippen LogP contribution is 2.23. The molecule has 0 atom stereocenters. The molecule has 4 N–H and O–H groups in total. The lowest BCUT2D eigenvalue weighted by molar-refractivity contribution is 0.598. The van der Waals surface area contributed by atoms with Gasteiger partial charge in [-0.05, 0) is 64.3 Å². The average molecular weight is 499 g/mol. The molecular formula is C21H19BrN6O2S. The van der Waals surface area contributed by atoms with Crippen LogP contribution in [-0.2, 0) is 16.4 Å². The zero-order valence-corrected chi connectivity index (χ0v) is 18.7. The number of nitrogens with zero attached hydrogens (tertiary/aromatic N) is 3. The number of anilines is 3. The van der Waals surface area contributed by atoms with E-state index in [0.717, 1.165) is 26.6 Å². The van der Waals surface area contributed by atoms with Crippen LogP contribution in [0.15, 0.2) is 76.4 Å². The summed E-state index contributed by atoms with van der Waals surface area (Å²) in [4.78, 5) is 13.3. The van der Waals surface area contributed by atoms with Crippen molar-refractivity contribution in [2.75, 3.05) is 17.2 Å². The molecule has 4 rings (SSSR count). The molecule has 0 saturated carbocycles. The molecule has 0 amide bonds. The fourth-order valence-electron chi connectivity index (χ4n) is 3.00. The van der Waals surface area contributed by atoms with E-state index in [1.807, 2.05) is 30.3 Å². The Balaban J connectivity index is 1.41. The highest BCUT2D eigenvalue weighted by Gasteiger charge is 2.08. The van der Waals surface area contributed by atoms with Crippen LogP contribution in [0.3, 0.4) is 0 Å². The third-order valence-corrected chi connectivity index (χ3v) is 6.07. The Morgan fingerprint density at radius 1 is 1.03 bits per heavy atom. The van der Waals surface area contributed by atoms with E-state index in [-0.39, 0.29) is 4.90 Å². The molecule has 2 aromatic heterocycles.